The number of nitrogens with one attached hydrogen (secondary N) is 1. The van der Waals surface area contributed by atoms with Crippen LogP contribution in [0.25, 0.3) is 0 Å². The van der Waals surface area contributed by atoms with Crippen molar-refractivity contribution in [1.29, 1.82) is 0 Å². The first kappa shape index (κ1) is 28.3. The van der Waals surface area contributed by atoms with Crippen LogP contribution in [-0.2, 0) is 22.6 Å². The second kappa shape index (κ2) is 14.4. The summed E-state index contributed by atoms with van der Waals surface area (Å²) in [5, 5.41) is 3.94. The van der Waals surface area contributed by atoms with Crippen LogP contribution < -0.4 is 10.1 Å². The molecule has 36 heavy (non-hydrogen) atoms. The van der Waals surface area contributed by atoms with Gasteiger partial charge in [0.1, 0.15) is 11.8 Å². The second-order valence-corrected chi connectivity index (χ2v) is 10.4. The standard InChI is InChI=1S/C28H29Cl2IN2O3/c1-2-3-15-32-28(35)26(16-20-7-5-4-6-8-20)33(18-21-9-10-22(29)17-25(21)30)27(34)19-36-24-13-11-23(31)12-14-24/h4-14,17,26H,2-3,15-16,18-19H2,1H3,(H,32,35). The molecule has 1 atom stereocenters. The van der Waals surface area contributed by atoms with E-state index in [9.17, 15) is 9.59 Å². The molecule has 3 aromatic rings. The van der Waals surface area contributed by atoms with E-state index in [1.54, 1.807) is 23.1 Å². The third-order valence-corrected chi connectivity index (χ3v) is 6.94. The Morgan fingerprint density at radius 2 is 1.75 bits per heavy atom. The number of rotatable bonds is 12. The molecule has 0 aliphatic carbocycles. The highest BCUT2D eigenvalue weighted by Crippen LogP contribution is 2.24. The van der Waals surface area contributed by atoms with Crippen LogP contribution in [0.4, 0.5) is 0 Å². The van der Waals surface area contributed by atoms with E-state index in [0.717, 1.165) is 22.0 Å². The number of nitrogens with zero attached hydrogens (tertiary/aromatic N) is 1. The molecule has 1 N–H and O–H groups in total. The molecule has 0 aromatic heterocycles. The molecule has 0 fully saturated rings. The molecule has 2 amide bonds. The number of benzene rings is 3. The Kier molecular flexibility index (Phi) is 11.4. The minimum absolute atomic E-state index is 0.142. The molecule has 5 nitrogen and oxygen atoms in total. The summed E-state index contributed by atoms with van der Waals surface area (Å²) in [6, 6.07) is 21.5. The van der Waals surface area contributed by atoms with Crippen molar-refractivity contribution in [3.05, 3.63) is 97.5 Å². The molecule has 0 aliphatic rings. The van der Waals surface area contributed by atoms with Crippen LogP contribution in [0.5, 0.6) is 5.75 Å². The first-order chi connectivity index (χ1) is 17.4. The monoisotopic (exact) mass is 638 g/mol. The highest BCUT2D eigenvalue weighted by molar-refractivity contribution is 14.1. The largest absolute Gasteiger partial charge is 0.484 e. The normalized spacial score (nSPS) is 11.6. The fraction of sp³-hybridized carbons (Fsp3) is 0.286. The van der Waals surface area contributed by atoms with E-state index in [2.05, 4.69) is 34.8 Å². The summed E-state index contributed by atoms with van der Waals surface area (Å²) in [5.41, 5.74) is 1.65. The first-order valence-electron chi connectivity index (χ1n) is 11.8. The fourth-order valence-electron chi connectivity index (χ4n) is 3.65. The predicted octanol–water partition coefficient (Wildman–Crippen LogP) is 6.53. The van der Waals surface area contributed by atoms with Crippen LogP contribution >= 0.6 is 45.8 Å². The average Bonchev–Trinajstić information content (AvgIpc) is 2.87. The van der Waals surface area contributed by atoms with E-state index in [4.69, 9.17) is 27.9 Å². The van der Waals surface area contributed by atoms with Crippen molar-refractivity contribution < 1.29 is 14.3 Å². The maximum atomic E-state index is 13.6. The molecule has 0 radical (unpaired) electrons. The van der Waals surface area contributed by atoms with Gasteiger partial charge in [-0.05, 0) is 76.5 Å². The van der Waals surface area contributed by atoms with E-state index < -0.39 is 6.04 Å². The Morgan fingerprint density at radius 3 is 2.42 bits per heavy atom. The van der Waals surface area contributed by atoms with Crippen LogP contribution in [0.2, 0.25) is 10.0 Å². The molecule has 0 bridgehead atoms. The van der Waals surface area contributed by atoms with Crippen molar-refractivity contribution in [3.63, 3.8) is 0 Å². The summed E-state index contributed by atoms with van der Waals surface area (Å²) in [6.45, 7) is 2.54. The number of carbonyl (C=O) groups is 2. The van der Waals surface area contributed by atoms with Crippen LogP contribution in [0.3, 0.4) is 0 Å². The number of unbranched alkanes of at least 4 members (excludes halogenated alkanes) is 1. The van der Waals surface area contributed by atoms with Crippen LogP contribution in [0, 0.1) is 3.57 Å². The van der Waals surface area contributed by atoms with Gasteiger partial charge in [0.05, 0.1) is 0 Å². The smallest absolute Gasteiger partial charge is 0.261 e. The second-order valence-electron chi connectivity index (χ2n) is 8.35. The van der Waals surface area contributed by atoms with Crippen LogP contribution in [0.15, 0.2) is 72.8 Å². The molecule has 0 spiro atoms. The lowest BCUT2D eigenvalue weighted by Gasteiger charge is -2.31. The van der Waals surface area contributed by atoms with Gasteiger partial charge in [0.15, 0.2) is 6.61 Å². The number of hydrogen-bond donors (Lipinski definition) is 1. The Bertz CT molecular complexity index is 1140. The van der Waals surface area contributed by atoms with Gasteiger partial charge in [-0.25, -0.2) is 0 Å². The minimum atomic E-state index is -0.746. The van der Waals surface area contributed by atoms with Gasteiger partial charge in [0, 0.05) is 33.1 Å². The third kappa shape index (κ3) is 8.68. The summed E-state index contributed by atoms with van der Waals surface area (Å²) < 4.78 is 6.86. The summed E-state index contributed by atoms with van der Waals surface area (Å²) in [5.74, 6) is 0.0615. The third-order valence-electron chi connectivity index (χ3n) is 5.63. The highest BCUT2D eigenvalue weighted by Gasteiger charge is 2.31. The quantitative estimate of drug-likeness (QED) is 0.181. The first-order valence-corrected chi connectivity index (χ1v) is 13.6. The van der Waals surface area contributed by atoms with E-state index in [0.29, 0.717) is 34.3 Å². The zero-order chi connectivity index (χ0) is 25.9. The molecule has 0 saturated carbocycles. The van der Waals surface area contributed by atoms with E-state index >= 15 is 0 Å². The fourth-order valence-corrected chi connectivity index (χ4v) is 4.48. The lowest BCUT2D eigenvalue weighted by molar-refractivity contribution is -0.142. The maximum Gasteiger partial charge on any atom is 0.261 e. The SMILES string of the molecule is CCCCNC(=O)C(Cc1ccccc1)N(Cc1ccc(Cl)cc1Cl)C(=O)COc1ccc(I)cc1. The van der Waals surface area contributed by atoms with E-state index in [1.165, 1.54) is 0 Å². The number of carbonyl (C=O) groups excluding carboxylic acids is 2. The summed E-state index contributed by atoms with van der Waals surface area (Å²) in [7, 11) is 0. The van der Waals surface area contributed by atoms with Gasteiger partial charge in [-0.1, -0.05) is 72.9 Å². The van der Waals surface area contributed by atoms with Gasteiger partial charge in [-0.3, -0.25) is 9.59 Å². The molecule has 8 heteroatoms. The Labute approximate surface area is 236 Å². The maximum absolute atomic E-state index is 13.6. The molecule has 190 valence electrons. The zero-order valence-electron chi connectivity index (χ0n) is 20.1. The Morgan fingerprint density at radius 1 is 1.03 bits per heavy atom. The molecule has 0 saturated heterocycles. The lowest BCUT2D eigenvalue weighted by Crippen LogP contribution is -2.51. The van der Waals surface area contributed by atoms with Crippen LogP contribution in [-0.4, -0.2) is 35.9 Å². The number of ether oxygens (including phenoxy) is 1. The van der Waals surface area contributed by atoms with Gasteiger partial charge < -0.3 is 15.0 Å². The molecule has 3 aromatic carbocycles. The average molecular weight is 639 g/mol. The van der Waals surface area contributed by atoms with Gasteiger partial charge in [-0.2, -0.15) is 0 Å². The summed E-state index contributed by atoms with van der Waals surface area (Å²) >= 11 is 14.8. The molecule has 0 aliphatic heterocycles. The van der Waals surface area contributed by atoms with Gasteiger partial charge in [-0.15, -0.1) is 0 Å². The van der Waals surface area contributed by atoms with Crippen molar-refractivity contribution >= 4 is 57.6 Å². The Hall–Kier alpha value is -2.29. The van der Waals surface area contributed by atoms with Gasteiger partial charge in [0.25, 0.3) is 5.91 Å². The van der Waals surface area contributed by atoms with Crippen molar-refractivity contribution in [2.24, 2.45) is 0 Å². The predicted molar refractivity (Wildman–Crippen MR) is 154 cm³/mol. The van der Waals surface area contributed by atoms with Crippen LogP contribution in [0.1, 0.15) is 30.9 Å². The van der Waals surface area contributed by atoms with E-state index in [-0.39, 0.29) is 25.0 Å². The molecular formula is C28H29Cl2IN2O3. The van der Waals surface area contributed by atoms with Crippen molar-refractivity contribution in [3.8, 4) is 5.75 Å². The summed E-state index contributed by atoms with van der Waals surface area (Å²) in [4.78, 5) is 28.5. The van der Waals surface area contributed by atoms with Crippen molar-refractivity contribution in [2.75, 3.05) is 13.2 Å². The highest BCUT2D eigenvalue weighted by atomic mass is 127. The molecule has 0 heterocycles. The van der Waals surface area contributed by atoms with Crippen molar-refractivity contribution in [1.82, 2.24) is 10.2 Å². The topological polar surface area (TPSA) is 58.6 Å². The molecule has 1 unspecified atom stereocenters. The molecular weight excluding hydrogens is 610 g/mol. The zero-order valence-corrected chi connectivity index (χ0v) is 23.7. The number of hydrogen-bond acceptors (Lipinski definition) is 3. The summed E-state index contributed by atoms with van der Waals surface area (Å²) in [6.07, 6.45) is 2.17. The Balaban J connectivity index is 1.90. The van der Waals surface area contributed by atoms with Gasteiger partial charge in [0.2, 0.25) is 5.91 Å². The minimum Gasteiger partial charge on any atom is -0.484 e. The lowest BCUT2D eigenvalue weighted by atomic mass is 10.0. The number of halogens is 3. The van der Waals surface area contributed by atoms with E-state index in [1.807, 2.05) is 54.6 Å². The molecule has 3 rings (SSSR count). The number of amides is 2. The van der Waals surface area contributed by atoms with Crippen molar-refractivity contribution in [2.45, 2.75) is 38.8 Å². The van der Waals surface area contributed by atoms with Gasteiger partial charge >= 0.3 is 0 Å².